The molecule has 0 fully saturated rings. The van der Waals surface area contributed by atoms with Crippen molar-refractivity contribution in [2.45, 2.75) is 32.9 Å². The third-order valence-electron chi connectivity index (χ3n) is 3.24. The van der Waals surface area contributed by atoms with Gasteiger partial charge in [0.2, 0.25) is 0 Å². The van der Waals surface area contributed by atoms with Crippen LogP contribution >= 0.6 is 0 Å². The van der Waals surface area contributed by atoms with Crippen LogP contribution in [-0.2, 0) is 6.61 Å². The van der Waals surface area contributed by atoms with Crippen molar-refractivity contribution in [2.75, 3.05) is 6.54 Å². The Morgan fingerprint density at radius 3 is 2.48 bits per heavy atom. The smallest absolute Gasteiger partial charge is 0.176 e. The van der Waals surface area contributed by atoms with Crippen molar-refractivity contribution >= 4 is 5.78 Å². The van der Waals surface area contributed by atoms with Crippen molar-refractivity contribution in [2.24, 2.45) is 0 Å². The average molecular weight is 313 g/mol. The zero-order chi connectivity index (χ0) is 16.9. The van der Waals surface area contributed by atoms with Crippen LogP contribution in [0.25, 0.3) is 0 Å². The van der Waals surface area contributed by atoms with Crippen LogP contribution in [0.4, 0.5) is 0 Å². The molecule has 2 N–H and O–H groups in total. The summed E-state index contributed by atoms with van der Waals surface area (Å²) in [6.07, 6.45) is 0. The van der Waals surface area contributed by atoms with E-state index in [-0.39, 0.29) is 23.6 Å². The fourth-order valence-electron chi connectivity index (χ4n) is 2.02. The molecule has 0 spiro atoms. The van der Waals surface area contributed by atoms with Crippen molar-refractivity contribution in [3.05, 3.63) is 59.7 Å². The summed E-state index contributed by atoms with van der Waals surface area (Å²) in [6.45, 7) is 6.59. The lowest BCUT2D eigenvalue weighted by Gasteiger charge is -2.20. The summed E-state index contributed by atoms with van der Waals surface area (Å²) in [5.41, 5.74) is 1.32. The Labute approximate surface area is 137 Å². The van der Waals surface area contributed by atoms with Gasteiger partial charge in [-0.2, -0.15) is 0 Å². The Morgan fingerprint density at radius 2 is 1.83 bits per heavy atom. The van der Waals surface area contributed by atoms with Gasteiger partial charge < -0.3 is 15.2 Å². The number of rotatable bonds is 6. The van der Waals surface area contributed by atoms with Gasteiger partial charge in [-0.15, -0.1) is 0 Å². The molecule has 2 aromatic carbocycles. The van der Waals surface area contributed by atoms with Gasteiger partial charge >= 0.3 is 0 Å². The topological polar surface area (TPSA) is 58.6 Å². The van der Waals surface area contributed by atoms with Gasteiger partial charge in [0, 0.05) is 17.2 Å². The fourth-order valence-corrected chi connectivity index (χ4v) is 2.02. The van der Waals surface area contributed by atoms with E-state index in [1.807, 2.05) is 51.1 Å². The molecule has 0 saturated carbocycles. The number of phenolic OH excluding ortho intramolecular Hbond substituents is 1. The van der Waals surface area contributed by atoms with Gasteiger partial charge in [0.1, 0.15) is 18.1 Å². The SMILES string of the molecule is CC(C)(C)NCC(=O)c1cc(O)cc(OCc2ccccc2)c1. The molecule has 0 saturated heterocycles. The third-order valence-corrected chi connectivity index (χ3v) is 3.24. The van der Waals surface area contributed by atoms with E-state index >= 15 is 0 Å². The highest BCUT2D eigenvalue weighted by atomic mass is 16.5. The Morgan fingerprint density at radius 1 is 1.13 bits per heavy atom. The first-order valence-corrected chi connectivity index (χ1v) is 7.62. The Hall–Kier alpha value is -2.33. The largest absolute Gasteiger partial charge is 0.508 e. The maximum atomic E-state index is 12.2. The quantitative estimate of drug-likeness (QED) is 0.801. The molecule has 2 rings (SSSR count). The minimum Gasteiger partial charge on any atom is -0.508 e. The van der Waals surface area contributed by atoms with Crippen molar-refractivity contribution < 1.29 is 14.6 Å². The van der Waals surface area contributed by atoms with Gasteiger partial charge in [-0.05, 0) is 38.5 Å². The zero-order valence-corrected chi connectivity index (χ0v) is 13.8. The number of phenols is 1. The van der Waals surface area contributed by atoms with E-state index in [4.69, 9.17) is 4.74 Å². The van der Waals surface area contributed by atoms with Crippen LogP contribution in [-0.4, -0.2) is 23.0 Å². The highest BCUT2D eigenvalue weighted by Crippen LogP contribution is 2.23. The standard InChI is InChI=1S/C19H23NO3/c1-19(2,3)20-12-18(22)15-9-16(21)11-17(10-15)23-13-14-7-5-4-6-8-14/h4-11,20-21H,12-13H2,1-3H3. The third kappa shape index (κ3) is 5.75. The lowest BCUT2D eigenvalue weighted by atomic mass is 10.1. The lowest BCUT2D eigenvalue weighted by Crippen LogP contribution is -2.39. The Bertz CT molecular complexity index is 660. The van der Waals surface area contributed by atoms with Crippen LogP contribution in [0.2, 0.25) is 0 Å². The number of Topliss-reactive ketones (excluding diaryl/α,β-unsaturated/α-hetero) is 1. The second-order valence-corrected chi connectivity index (χ2v) is 6.52. The molecule has 0 amide bonds. The molecule has 0 bridgehead atoms. The monoisotopic (exact) mass is 313 g/mol. The van der Waals surface area contributed by atoms with Crippen LogP contribution in [0.5, 0.6) is 11.5 Å². The Balaban J connectivity index is 2.05. The maximum Gasteiger partial charge on any atom is 0.176 e. The molecule has 0 aliphatic rings. The van der Waals surface area contributed by atoms with Crippen molar-refractivity contribution in [1.29, 1.82) is 0 Å². The highest BCUT2D eigenvalue weighted by molar-refractivity contribution is 5.98. The number of hydrogen-bond acceptors (Lipinski definition) is 4. The first-order chi connectivity index (χ1) is 10.8. The number of carbonyl (C=O) groups is 1. The normalized spacial score (nSPS) is 11.3. The second-order valence-electron chi connectivity index (χ2n) is 6.52. The first-order valence-electron chi connectivity index (χ1n) is 7.62. The number of ketones is 1. The minimum atomic E-state index is -0.140. The number of hydrogen-bond donors (Lipinski definition) is 2. The molecule has 0 aliphatic heterocycles. The summed E-state index contributed by atoms with van der Waals surface area (Å²) in [6, 6.07) is 14.4. The molecule has 4 nitrogen and oxygen atoms in total. The molecule has 122 valence electrons. The second kappa shape index (κ2) is 7.29. The van der Waals surface area contributed by atoms with Gasteiger partial charge in [0.05, 0.1) is 6.54 Å². The number of aromatic hydroxyl groups is 1. The minimum absolute atomic E-state index is 0.0228. The summed E-state index contributed by atoms with van der Waals surface area (Å²) in [4.78, 5) is 12.2. The first kappa shape index (κ1) is 17.0. The Kier molecular flexibility index (Phi) is 5.40. The molecule has 0 radical (unpaired) electrons. The molecule has 0 atom stereocenters. The van der Waals surface area contributed by atoms with Gasteiger partial charge in [-0.1, -0.05) is 30.3 Å². The predicted molar refractivity (Wildman–Crippen MR) is 91.0 cm³/mol. The van der Waals surface area contributed by atoms with Crippen LogP contribution in [0.3, 0.4) is 0 Å². The van der Waals surface area contributed by atoms with Crippen LogP contribution in [0.15, 0.2) is 48.5 Å². The summed E-state index contributed by atoms with van der Waals surface area (Å²) in [7, 11) is 0. The molecular weight excluding hydrogens is 290 g/mol. The van der Waals surface area contributed by atoms with E-state index in [0.29, 0.717) is 17.9 Å². The van der Waals surface area contributed by atoms with E-state index in [1.54, 1.807) is 6.07 Å². The number of carbonyl (C=O) groups excluding carboxylic acids is 1. The number of nitrogens with one attached hydrogen (secondary N) is 1. The summed E-state index contributed by atoms with van der Waals surface area (Å²) in [5.74, 6) is 0.419. The predicted octanol–water partition coefficient (Wildman–Crippen LogP) is 3.54. The van der Waals surface area contributed by atoms with Gasteiger partial charge in [0.15, 0.2) is 5.78 Å². The maximum absolute atomic E-state index is 12.2. The molecule has 0 aliphatic carbocycles. The zero-order valence-electron chi connectivity index (χ0n) is 13.8. The van der Waals surface area contributed by atoms with Gasteiger partial charge in [-0.3, -0.25) is 4.79 Å². The molecule has 23 heavy (non-hydrogen) atoms. The van der Waals surface area contributed by atoms with E-state index in [9.17, 15) is 9.90 Å². The van der Waals surface area contributed by atoms with Crippen LogP contribution in [0, 0.1) is 0 Å². The molecule has 4 heteroatoms. The van der Waals surface area contributed by atoms with Crippen LogP contribution in [0.1, 0.15) is 36.7 Å². The van der Waals surface area contributed by atoms with Crippen LogP contribution < -0.4 is 10.1 Å². The molecule has 0 unspecified atom stereocenters. The highest BCUT2D eigenvalue weighted by Gasteiger charge is 2.14. The molecular formula is C19H23NO3. The lowest BCUT2D eigenvalue weighted by molar-refractivity contribution is 0.0981. The molecule has 2 aromatic rings. The number of ether oxygens (including phenoxy) is 1. The molecule has 0 heterocycles. The summed E-state index contributed by atoms with van der Waals surface area (Å²) in [5, 5.41) is 13.0. The van der Waals surface area contributed by atoms with E-state index in [0.717, 1.165) is 5.56 Å². The fraction of sp³-hybridized carbons (Fsp3) is 0.316. The number of benzene rings is 2. The van der Waals surface area contributed by atoms with Gasteiger partial charge in [-0.25, -0.2) is 0 Å². The summed E-state index contributed by atoms with van der Waals surface area (Å²) >= 11 is 0. The molecule has 0 aromatic heterocycles. The van der Waals surface area contributed by atoms with Gasteiger partial charge in [0.25, 0.3) is 0 Å². The van der Waals surface area contributed by atoms with Crippen molar-refractivity contribution in [3.8, 4) is 11.5 Å². The van der Waals surface area contributed by atoms with E-state index in [2.05, 4.69) is 5.32 Å². The van der Waals surface area contributed by atoms with E-state index < -0.39 is 0 Å². The van der Waals surface area contributed by atoms with E-state index in [1.165, 1.54) is 12.1 Å². The van der Waals surface area contributed by atoms with Crippen molar-refractivity contribution in [1.82, 2.24) is 5.32 Å². The van der Waals surface area contributed by atoms with Crippen molar-refractivity contribution in [3.63, 3.8) is 0 Å². The summed E-state index contributed by atoms with van der Waals surface area (Å²) < 4.78 is 5.68. The average Bonchev–Trinajstić information content (AvgIpc) is 2.50.